The lowest BCUT2D eigenvalue weighted by atomic mass is 10.0. The molecule has 0 saturated heterocycles. The van der Waals surface area contributed by atoms with E-state index in [1.807, 2.05) is 7.05 Å². The first-order valence-electron chi connectivity index (χ1n) is 4.61. The molecular weight excluding hydrogens is 177 g/mol. The molecule has 1 unspecified atom stereocenters. The van der Waals surface area contributed by atoms with E-state index in [0.717, 1.165) is 12.0 Å². The van der Waals surface area contributed by atoms with E-state index in [1.165, 1.54) is 12.1 Å². The molecule has 0 bridgehead atoms. The van der Waals surface area contributed by atoms with Gasteiger partial charge in [-0.05, 0) is 31.2 Å². The van der Waals surface area contributed by atoms with Gasteiger partial charge in [0.25, 0.3) is 0 Å². The third kappa shape index (κ3) is 3.20. The van der Waals surface area contributed by atoms with Gasteiger partial charge in [-0.1, -0.05) is 12.1 Å². The summed E-state index contributed by atoms with van der Waals surface area (Å²) >= 11 is 0. The van der Waals surface area contributed by atoms with Crippen LogP contribution in [0.25, 0.3) is 0 Å². The third-order valence-corrected chi connectivity index (χ3v) is 2.17. The lowest BCUT2D eigenvalue weighted by Gasteiger charge is -2.12. The van der Waals surface area contributed by atoms with Crippen LogP contribution in [0.3, 0.4) is 0 Å². The fourth-order valence-corrected chi connectivity index (χ4v) is 1.32. The van der Waals surface area contributed by atoms with Crippen LogP contribution >= 0.6 is 0 Å². The number of hydrogen-bond acceptors (Lipinski definition) is 1. The van der Waals surface area contributed by atoms with Crippen molar-refractivity contribution in [1.82, 2.24) is 5.32 Å². The van der Waals surface area contributed by atoms with Crippen molar-refractivity contribution in [1.29, 1.82) is 0 Å². The van der Waals surface area contributed by atoms with Gasteiger partial charge in [-0.25, -0.2) is 4.39 Å². The molecule has 1 aromatic rings. The molecule has 2 heteroatoms. The van der Waals surface area contributed by atoms with Crippen molar-refractivity contribution in [3.05, 3.63) is 35.6 Å². The van der Waals surface area contributed by atoms with Crippen molar-refractivity contribution in [2.45, 2.75) is 18.9 Å². The molecule has 0 radical (unpaired) electrons. The summed E-state index contributed by atoms with van der Waals surface area (Å²) in [5.74, 6) is 2.41. The van der Waals surface area contributed by atoms with E-state index in [0.29, 0.717) is 6.42 Å². The Bertz CT molecular complexity index is 310. The Morgan fingerprint density at radius 2 is 2.07 bits per heavy atom. The minimum atomic E-state index is -0.202. The Hall–Kier alpha value is -1.33. The number of halogens is 1. The largest absolute Gasteiger partial charge is 0.316 e. The number of terminal acetylenes is 1. The molecule has 74 valence electrons. The molecule has 1 rings (SSSR count). The van der Waals surface area contributed by atoms with Crippen LogP contribution in [0.2, 0.25) is 0 Å². The number of rotatable bonds is 4. The highest BCUT2D eigenvalue weighted by atomic mass is 19.1. The smallest absolute Gasteiger partial charge is 0.123 e. The molecular formula is C12H14FN. The van der Waals surface area contributed by atoms with Gasteiger partial charge in [0.1, 0.15) is 5.82 Å². The maximum absolute atomic E-state index is 12.6. The zero-order valence-corrected chi connectivity index (χ0v) is 8.26. The molecule has 0 amide bonds. The van der Waals surface area contributed by atoms with Crippen molar-refractivity contribution >= 4 is 0 Å². The number of likely N-dealkylation sites (N-methyl/N-ethyl adjacent to an activating group) is 1. The summed E-state index contributed by atoms with van der Waals surface area (Å²) in [5.41, 5.74) is 1.10. The van der Waals surface area contributed by atoms with Crippen LogP contribution in [0.4, 0.5) is 4.39 Å². The van der Waals surface area contributed by atoms with Crippen molar-refractivity contribution in [3.63, 3.8) is 0 Å². The Morgan fingerprint density at radius 3 is 2.57 bits per heavy atom. The predicted molar refractivity (Wildman–Crippen MR) is 56.4 cm³/mol. The minimum Gasteiger partial charge on any atom is -0.316 e. The van der Waals surface area contributed by atoms with Crippen LogP contribution < -0.4 is 5.32 Å². The van der Waals surface area contributed by atoms with Crippen molar-refractivity contribution in [2.75, 3.05) is 7.05 Å². The molecule has 0 saturated carbocycles. The molecule has 0 aliphatic heterocycles. The summed E-state index contributed by atoms with van der Waals surface area (Å²) in [6.45, 7) is 0. The summed E-state index contributed by atoms with van der Waals surface area (Å²) in [7, 11) is 1.88. The van der Waals surface area contributed by atoms with Gasteiger partial charge in [0.05, 0.1) is 0 Å². The Kier molecular flexibility index (Phi) is 4.15. The van der Waals surface area contributed by atoms with E-state index >= 15 is 0 Å². The second kappa shape index (κ2) is 5.41. The van der Waals surface area contributed by atoms with Crippen LogP contribution in [0.5, 0.6) is 0 Å². The minimum absolute atomic E-state index is 0.202. The second-order valence-corrected chi connectivity index (χ2v) is 3.22. The summed E-state index contributed by atoms with van der Waals surface area (Å²) in [4.78, 5) is 0. The third-order valence-electron chi connectivity index (χ3n) is 2.17. The first kappa shape index (κ1) is 10.7. The standard InChI is InChI=1S/C12H14FN/c1-3-4-12(14-2)9-10-5-7-11(13)8-6-10/h1,5-8,12,14H,4,9H2,2H3. The SMILES string of the molecule is C#CCC(Cc1ccc(F)cc1)NC. The van der Waals surface area contributed by atoms with E-state index in [-0.39, 0.29) is 11.9 Å². The quantitative estimate of drug-likeness (QED) is 0.717. The normalized spacial score (nSPS) is 12.1. The lowest BCUT2D eigenvalue weighted by Crippen LogP contribution is -2.26. The van der Waals surface area contributed by atoms with E-state index in [2.05, 4.69) is 11.2 Å². The first-order valence-corrected chi connectivity index (χ1v) is 4.61. The topological polar surface area (TPSA) is 12.0 Å². The van der Waals surface area contributed by atoms with E-state index in [9.17, 15) is 4.39 Å². The lowest BCUT2D eigenvalue weighted by molar-refractivity contribution is 0.571. The molecule has 1 nitrogen and oxygen atoms in total. The summed E-state index contributed by atoms with van der Waals surface area (Å²) in [5, 5.41) is 3.13. The highest BCUT2D eigenvalue weighted by Gasteiger charge is 2.05. The molecule has 1 N–H and O–H groups in total. The number of nitrogens with one attached hydrogen (secondary N) is 1. The van der Waals surface area contributed by atoms with E-state index in [1.54, 1.807) is 12.1 Å². The summed E-state index contributed by atoms with van der Waals surface area (Å²) in [6, 6.07) is 6.79. The Balaban J connectivity index is 2.59. The first-order chi connectivity index (χ1) is 6.76. The fraction of sp³-hybridized carbons (Fsp3) is 0.333. The Labute approximate surface area is 84.3 Å². The van der Waals surface area contributed by atoms with Crippen LogP contribution in [-0.4, -0.2) is 13.1 Å². The van der Waals surface area contributed by atoms with E-state index in [4.69, 9.17) is 6.42 Å². The molecule has 0 aliphatic carbocycles. The molecule has 0 aliphatic rings. The number of hydrogen-bond donors (Lipinski definition) is 1. The van der Waals surface area contributed by atoms with Crippen LogP contribution in [-0.2, 0) is 6.42 Å². The van der Waals surface area contributed by atoms with Crippen LogP contribution in [0.1, 0.15) is 12.0 Å². The zero-order chi connectivity index (χ0) is 10.4. The van der Waals surface area contributed by atoms with Crippen molar-refractivity contribution < 1.29 is 4.39 Å². The summed E-state index contributed by atoms with van der Waals surface area (Å²) in [6.07, 6.45) is 6.76. The molecule has 1 aromatic carbocycles. The highest BCUT2D eigenvalue weighted by Crippen LogP contribution is 2.07. The average molecular weight is 191 g/mol. The van der Waals surface area contributed by atoms with E-state index < -0.39 is 0 Å². The number of benzene rings is 1. The van der Waals surface area contributed by atoms with Gasteiger partial charge in [-0.15, -0.1) is 12.3 Å². The van der Waals surface area contributed by atoms with Gasteiger partial charge in [-0.2, -0.15) is 0 Å². The zero-order valence-electron chi connectivity index (χ0n) is 8.26. The molecule has 14 heavy (non-hydrogen) atoms. The van der Waals surface area contributed by atoms with Gasteiger partial charge >= 0.3 is 0 Å². The van der Waals surface area contributed by atoms with Gasteiger partial charge in [-0.3, -0.25) is 0 Å². The summed E-state index contributed by atoms with van der Waals surface area (Å²) < 4.78 is 12.6. The van der Waals surface area contributed by atoms with Gasteiger partial charge in [0.15, 0.2) is 0 Å². The van der Waals surface area contributed by atoms with Crippen LogP contribution in [0, 0.1) is 18.2 Å². The van der Waals surface area contributed by atoms with Crippen LogP contribution in [0.15, 0.2) is 24.3 Å². The molecule has 0 spiro atoms. The maximum Gasteiger partial charge on any atom is 0.123 e. The van der Waals surface area contributed by atoms with Gasteiger partial charge < -0.3 is 5.32 Å². The average Bonchev–Trinajstić information content (AvgIpc) is 2.20. The fourth-order valence-electron chi connectivity index (χ4n) is 1.32. The predicted octanol–water partition coefficient (Wildman–Crippen LogP) is 1.98. The molecule has 0 fully saturated rings. The van der Waals surface area contributed by atoms with Gasteiger partial charge in [0.2, 0.25) is 0 Å². The molecule has 0 aromatic heterocycles. The molecule has 0 heterocycles. The maximum atomic E-state index is 12.6. The van der Waals surface area contributed by atoms with Crippen molar-refractivity contribution in [3.8, 4) is 12.3 Å². The highest BCUT2D eigenvalue weighted by molar-refractivity contribution is 5.17. The monoisotopic (exact) mass is 191 g/mol. The Morgan fingerprint density at radius 1 is 1.43 bits per heavy atom. The van der Waals surface area contributed by atoms with Crippen molar-refractivity contribution in [2.24, 2.45) is 0 Å². The second-order valence-electron chi connectivity index (χ2n) is 3.22. The molecule has 1 atom stereocenters. The van der Waals surface area contributed by atoms with Gasteiger partial charge in [0, 0.05) is 12.5 Å².